The van der Waals surface area contributed by atoms with Crippen LogP contribution in [0.5, 0.6) is 5.88 Å². The molecular formula is C24H26N6O. The quantitative estimate of drug-likeness (QED) is 0.524. The van der Waals surface area contributed by atoms with Gasteiger partial charge in [0.2, 0.25) is 11.8 Å². The van der Waals surface area contributed by atoms with Gasteiger partial charge in [-0.25, -0.2) is 14.5 Å². The van der Waals surface area contributed by atoms with Gasteiger partial charge in [-0.05, 0) is 74.8 Å². The Morgan fingerprint density at radius 2 is 1.74 bits per heavy atom. The van der Waals surface area contributed by atoms with Crippen molar-refractivity contribution in [3.05, 3.63) is 66.5 Å². The van der Waals surface area contributed by atoms with Gasteiger partial charge in [-0.2, -0.15) is 0 Å². The molecule has 1 aromatic carbocycles. The van der Waals surface area contributed by atoms with Crippen molar-refractivity contribution in [1.82, 2.24) is 24.5 Å². The molecule has 0 spiro atoms. The molecule has 158 valence electrons. The van der Waals surface area contributed by atoms with Crippen molar-refractivity contribution in [3.8, 4) is 17.1 Å². The summed E-state index contributed by atoms with van der Waals surface area (Å²) >= 11 is 0. The zero-order chi connectivity index (χ0) is 21.2. The van der Waals surface area contributed by atoms with Crippen LogP contribution in [0.15, 0.2) is 60.9 Å². The second kappa shape index (κ2) is 8.35. The molecule has 0 aliphatic carbocycles. The molecule has 1 saturated heterocycles. The van der Waals surface area contributed by atoms with Crippen LogP contribution in [0.1, 0.15) is 24.3 Å². The van der Waals surface area contributed by atoms with Crippen LogP contribution in [-0.2, 0) is 0 Å². The lowest BCUT2D eigenvalue weighted by molar-refractivity contribution is 0.255. The summed E-state index contributed by atoms with van der Waals surface area (Å²) in [7, 11) is 3.81. The fourth-order valence-electron chi connectivity index (χ4n) is 4.14. The minimum absolute atomic E-state index is 0.554. The highest BCUT2D eigenvalue weighted by Gasteiger charge is 2.18. The van der Waals surface area contributed by atoms with Gasteiger partial charge in [0.25, 0.3) is 0 Å². The minimum atomic E-state index is 0.554. The van der Waals surface area contributed by atoms with Gasteiger partial charge >= 0.3 is 0 Å². The van der Waals surface area contributed by atoms with Crippen LogP contribution >= 0.6 is 0 Å². The molecule has 0 atom stereocenters. The number of benzene rings is 1. The average Bonchev–Trinajstić information content (AvgIpc) is 3.23. The Morgan fingerprint density at radius 1 is 0.935 bits per heavy atom. The van der Waals surface area contributed by atoms with E-state index in [9.17, 15) is 0 Å². The first-order valence-corrected chi connectivity index (χ1v) is 10.6. The van der Waals surface area contributed by atoms with Crippen LogP contribution < -0.4 is 10.1 Å². The molecule has 7 nitrogen and oxygen atoms in total. The Kier molecular flexibility index (Phi) is 5.26. The Bertz CT molecular complexity index is 1160. The smallest absolute Gasteiger partial charge is 0.245 e. The monoisotopic (exact) mass is 414 g/mol. The van der Waals surface area contributed by atoms with Crippen molar-refractivity contribution in [2.45, 2.75) is 18.8 Å². The van der Waals surface area contributed by atoms with Crippen molar-refractivity contribution in [3.63, 3.8) is 0 Å². The zero-order valence-corrected chi connectivity index (χ0v) is 17.8. The van der Waals surface area contributed by atoms with Crippen molar-refractivity contribution in [2.75, 3.05) is 32.6 Å². The fraction of sp³-hybridized carbons (Fsp3) is 0.292. The highest BCUT2D eigenvalue weighted by Crippen LogP contribution is 2.29. The molecule has 4 heterocycles. The molecule has 0 amide bonds. The van der Waals surface area contributed by atoms with E-state index in [2.05, 4.69) is 51.5 Å². The second-order valence-electron chi connectivity index (χ2n) is 8.05. The fourth-order valence-corrected chi connectivity index (χ4v) is 4.14. The van der Waals surface area contributed by atoms with Crippen LogP contribution in [-0.4, -0.2) is 51.7 Å². The number of ether oxygens (including phenoxy) is 1. The summed E-state index contributed by atoms with van der Waals surface area (Å²) in [6.07, 6.45) is 6.06. The largest absolute Gasteiger partial charge is 0.481 e. The summed E-state index contributed by atoms with van der Waals surface area (Å²) < 4.78 is 7.04. The summed E-state index contributed by atoms with van der Waals surface area (Å²) in [5.41, 5.74) is 5.24. The number of rotatable bonds is 5. The molecule has 0 bridgehead atoms. The van der Waals surface area contributed by atoms with Crippen LogP contribution in [0.4, 0.5) is 11.6 Å². The van der Waals surface area contributed by atoms with E-state index >= 15 is 0 Å². The number of anilines is 2. The number of piperidine rings is 1. The topological polar surface area (TPSA) is 67.6 Å². The molecule has 4 aromatic rings. The van der Waals surface area contributed by atoms with Gasteiger partial charge in [-0.15, -0.1) is 5.10 Å². The molecule has 0 saturated carbocycles. The highest BCUT2D eigenvalue weighted by molar-refractivity contribution is 5.66. The normalized spacial score (nSPS) is 15.3. The van der Waals surface area contributed by atoms with Gasteiger partial charge < -0.3 is 15.0 Å². The number of nitrogens with zero attached hydrogens (tertiary/aromatic N) is 5. The second-order valence-corrected chi connectivity index (χ2v) is 8.05. The van der Waals surface area contributed by atoms with Crippen LogP contribution in [0, 0.1) is 0 Å². The van der Waals surface area contributed by atoms with E-state index in [4.69, 9.17) is 9.84 Å². The number of hydrogen-bond acceptors (Lipinski definition) is 6. The number of methoxy groups -OCH3 is 1. The SMILES string of the molecule is COc1ccc(-c2ccc3cnc(Nc4ccc(C5CCN(C)CC5)cc4)nn23)cn1. The van der Waals surface area contributed by atoms with E-state index in [-0.39, 0.29) is 0 Å². The maximum Gasteiger partial charge on any atom is 0.245 e. The summed E-state index contributed by atoms with van der Waals surface area (Å²) in [5.74, 6) is 1.79. The highest BCUT2D eigenvalue weighted by atomic mass is 16.5. The lowest BCUT2D eigenvalue weighted by atomic mass is 9.89. The predicted molar refractivity (Wildman–Crippen MR) is 122 cm³/mol. The first-order valence-electron chi connectivity index (χ1n) is 10.6. The third kappa shape index (κ3) is 4.09. The molecule has 0 unspecified atom stereocenters. The van der Waals surface area contributed by atoms with Crippen molar-refractivity contribution < 1.29 is 4.74 Å². The van der Waals surface area contributed by atoms with Gasteiger partial charge in [0.15, 0.2) is 0 Å². The molecule has 1 fully saturated rings. The molecule has 31 heavy (non-hydrogen) atoms. The number of hydrogen-bond donors (Lipinski definition) is 1. The van der Waals surface area contributed by atoms with Gasteiger partial charge in [0.1, 0.15) is 0 Å². The van der Waals surface area contributed by atoms with E-state index in [1.165, 1.54) is 31.5 Å². The summed E-state index contributed by atoms with van der Waals surface area (Å²) in [6, 6.07) is 16.5. The van der Waals surface area contributed by atoms with Crippen molar-refractivity contribution in [2.24, 2.45) is 0 Å². The Hall–Kier alpha value is -3.45. The van der Waals surface area contributed by atoms with Crippen molar-refractivity contribution >= 4 is 17.2 Å². The molecule has 0 radical (unpaired) electrons. The molecule has 1 aliphatic rings. The first kappa shape index (κ1) is 19.5. The third-order valence-corrected chi connectivity index (χ3v) is 6.00. The lowest BCUT2D eigenvalue weighted by Crippen LogP contribution is -2.29. The van der Waals surface area contributed by atoms with E-state index in [1.807, 2.05) is 35.0 Å². The molecular weight excluding hydrogens is 388 g/mol. The Labute approximate surface area is 181 Å². The number of nitrogens with one attached hydrogen (secondary N) is 1. The summed E-state index contributed by atoms with van der Waals surface area (Å²) in [5, 5.41) is 8.03. The van der Waals surface area contributed by atoms with Gasteiger partial charge in [-0.1, -0.05) is 12.1 Å². The number of aromatic nitrogens is 4. The number of likely N-dealkylation sites (tertiary alicyclic amines) is 1. The third-order valence-electron chi connectivity index (χ3n) is 6.00. The molecule has 3 aromatic heterocycles. The van der Waals surface area contributed by atoms with Crippen molar-refractivity contribution in [1.29, 1.82) is 0 Å². The Balaban J connectivity index is 1.35. The van der Waals surface area contributed by atoms with E-state index in [0.29, 0.717) is 17.7 Å². The maximum absolute atomic E-state index is 5.16. The summed E-state index contributed by atoms with van der Waals surface area (Å²) in [6.45, 7) is 2.34. The maximum atomic E-state index is 5.16. The van der Waals surface area contributed by atoms with Crippen LogP contribution in [0.2, 0.25) is 0 Å². The lowest BCUT2D eigenvalue weighted by Gasteiger charge is -2.29. The van der Waals surface area contributed by atoms with E-state index in [1.54, 1.807) is 13.3 Å². The molecule has 5 rings (SSSR count). The average molecular weight is 415 g/mol. The van der Waals surface area contributed by atoms with Crippen LogP contribution in [0.25, 0.3) is 16.8 Å². The zero-order valence-electron chi connectivity index (χ0n) is 17.8. The van der Waals surface area contributed by atoms with Gasteiger partial charge in [0.05, 0.1) is 24.5 Å². The standard InChI is InChI=1S/C24H26N6O/c1-29-13-11-18(12-14-29)17-3-6-20(7-4-17)27-24-26-16-21-8-9-22(30(21)28-24)19-5-10-23(31-2)25-15-19/h3-10,15-16,18H,11-14H2,1-2H3,(H,27,28). The number of pyridine rings is 1. The van der Waals surface area contributed by atoms with E-state index in [0.717, 1.165) is 22.5 Å². The first-order chi connectivity index (χ1) is 15.2. The van der Waals surface area contributed by atoms with Gasteiger partial charge in [-0.3, -0.25) is 0 Å². The molecule has 1 aliphatic heterocycles. The van der Waals surface area contributed by atoms with E-state index < -0.39 is 0 Å². The van der Waals surface area contributed by atoms with Crippen LogP contribution in [0.3, 0.4) is 0 Å². The molecule has 1 N–H and O–H groups in total. The predicted octanol–water partition coefficient (Wildman–Crippen LogP) is 4.35. The minimum Gasteiger partial charge on any atom is -0.481 e. The van der Waals surface area contributed by atoms with Gasteiger partial charge in [0, 0.05) is 23.5 Å². The Morgan fingerprint density at radius 3 is 2.45 bits per heavy atom. The number of fused-ring (bicyclic) bond motifs is 1. The summed E-state index contributed by atoms with van der Waals surface area (Å²) in [4.78, 5) is 11.2. The molecule has 7 heteroatoms.